The second-order valence-corrected chi connectivity index (χ2v) is 9.20. The molecule has 0 aliphatic rings. The third kappa shape index (κ3) is 5.33. The number of ether oxygens (including phenoxy) is 1. The van der Waals surface area contributed by atoms with Crippen LogP contribution in [0.5, 0.6) is 5.75 Å². The van der Waals surface area contributed by atoms with Crippen LogP contribution in [0, 0.1) is 0 Å². The summed E-state index contributed by atoms with van der Waals surface area (Å²) in [6.45, 7) is 0. The van der Waals surface area contributed by atoms with Crippen LogP contribution in [0.25, 0.3) is 22.8 Å². The molecule has 1 atom stereocenters. The van der Waals surface area contributed by atoms with Crippen LogP contribution in [0.15, 0.2) is 94.4 Å². The van der Waals surface area contributed by atoms with E-state index in [1.165, 1.54) is 12.1 Å². The van der Waals surface area contributed by atoms with E-state index in [2.05, 4.69) is 9.71 Å². The van der Waals surface area contributed by atoms with Crippen LogP contribution in [0.2, 0.25) is 0 Å². The van der Waals surface area contributed by atoms with Gasteiger partial charge in [-0.05, 0) is 60.5 Å². The van der Waals surface area contributed by atoms with E-state index in [-0.39, 0.29) is 11.3 Å². The first-order valence-electron chi connectivity index (χ1n) is 10.4. The van der Waals surface area contributed by atoms with E-state index in [4.69, 9.17) is 9.15 Å². The summed E-state index contributed by atoms with van der Waals surface area (Å²) in [5.74, 6) is 0.356. The Hall–Kier alpha value is -3.95. The van der Waals surface area contributed by atoms with Crippen molar-refractivity contribution in [1.29, 1.82) is 0 Å². The van der Waals surface area contributed by atoms with Crippen LogP contribution in [0.4, 0.5) is 0 Å². The molecule has 0 unspecified atom stereocenters. The van der Waals surface area contributed by atoms with Crippen molar-refractivity contribution in [2.24, 2.45) is 0 Å². The van der Waals surface area contributed by atoms with Gasteiger partial charge in [0.2, 0.25) is 15.9 Å². The molecular formula is C25H22N2O6S. The first kappa shape index (κ1) is 23.2. The van der Waals surface area contributed by atoms with Gasteiger partial charge >= 0.3 is 5.97 Å². The molecule has 0 spiro atoms. The second kappa shape index (κ2) is 9.90. The number of aromatic nitrogens is 1. The number of nitrogens with zero attached hydrogens (tertiary/aromatic N) is 1. The zero-order valence-electron chi connectivity index (χ0n) is 18.2. The topological polar surface area (TPSA) is 119 Å². The minimum atomic E-state index is -4.06. The number of hydrogen-bond acceptors (Lipinski definition) is 6. The highest BCUT2D eigenvalue weighted by Crippen LogP contribution is 2.28. The van der Waals surface area contributed by atoms with Gasteiger partial charge in [-0.25, -0.2) is 13.4 Å². The lowest BCUT2D eigenvalue weighted by Gasteiger charge is -2.15. The smallest absolute Gasteiger partial charge is 0.322 e. The number of carboxylic acid groups (broad SMARTS) is 1. The van der Waals surface area contributed by atoms with Gasteiger partial charge in [-0.2, -0.15) is 4.72 Å². The predicted molar refractivity (Wildman–Crippen MR) is 126 cm³/mol. The molecule has 4 aromatic rings. The summed E-state index contributed by atoms with van der Waals surface area (Å²) in [7, 11) is -2.47. The second-order valence-electron chi connectivity index (χ2n) is 7.48. The van der Waals surface area contributed by atoms with Gasteiger partial charge in [0.05, 0.1) is 18.2 Å². The number of rotatable bonds is 9. The Morgan fingerprint density at radius 1 is 1.00 bits per heavy atom. The van der Waals surface area contributed by atoms with E-state index in [9.17, 15) is 18.3 Å². The zero-order chi connectivity index (χ0) is 24.1. The summed E-state index contributed by atoms with van der Waals surface area (Å²) in [6, 6.07) is 20.7. The molecule has 0 saturated heterocycles. The number of benzene rings is 3. The molecule has 0 aliphatic carbocycles. The lowest BCUT2D eigenvalue weighted by Crippen LogP contribution is -2.42. The van der Waals surface area contributed by atoms with Gasteiger partial charge in [-0.15, -0.1) is 0 Å². The Bertz CT molecular complexity index is 1370. The van der Waals surface area contributed by atoms with Crippen LogP contribution in [-0.4, -0.2) is 37.6 Å². The molecule has 34 heavy (non-hydrogen) atoms. The molecule has 4 rings (SSSR count). The molecule has 8 nitrogen and oxygen atoms in total. The van der Waals surface area contributed by atoms with Gasteiger partial charge in [-0.3, -0.25) is 4.79 Å². The number of nitrogens with one attached hydrogen (secondary N) is 1. The average Bonchev–Trinajstić information content (AvgIpc) is 3.35. The van der Waals surface area contributed by atoms with Crippen LogP contribution in [0.3, 0.4) is 0 Å². The van der Waals surface area contributed by atoms with Gasteiger partial charge in [0.15, 0.2) is 5.76 Å². The molecule has 0 bridgehead atoms. The largest absolute Gasteiger partial charge is 0.497 e. The van der Waals surface area contributed by atoms with Crippen molar-refractivity contribution in [3.63, 3.8) is 0 Å². The predicted octanol–water partition coefficient (Wildman–Crippen LogP) is 3.99. The highest BCUT2D eigenvalue weighted by atomic mass is 32.2. The van der Waals surface area contributed by atoms with Crippen molar-refractivity contribution in [2.45, 2.75) is 17.4 Å². The third-order valence-corrected chi connectivity index (χ3v) is 6.66. The number of carbonyl (C=O) groups is 1. The first-order valence-corrected chi connectivity index (χ1v) is 11.8. The van der Waals surface area contributed by atoms with Crippen LogP contribution in [0.1, 0.15) is 5.56 Å². The maximum atomic E-state index is 12.8. The maximum Gasteiger partial charge on any atom is 0.322 e. The average molecular weight is 479 g/mol. The molecule has 0 aliphatic heterocycles. The number of hydrogen-bond donors (Lipinski definition) is 2. The van der Waals surface area contributed by atoms with Gasteiger partial charge < -0.3 is 14.3 Å². The summed E-state index contributed by atoms with van der Waals surface area (Å²) in [5, 5.41) is 9.51. The van der Waals surface area contributed by atoms with Crippen LogP contribution < -0.4 is 9.46 Å². The molecule has 3 aromatic carbocycles. The summed E-state index contributed by atoms with van der Waals surface area (Å²) < 4.78 is 38.9. The van der Waals surface area contributed by atoms with E-state index in [0.717, 1.165) is 11.3 Å². The molecule has 9 heteroatoms. The number of sulfonamides is 1. The molecule has 0 fully saturated rings. The fourth-order valence-electron chi connectivity index (χ4n) is 3.36. The summed E-state index contributed by atoms with van der Waals surface area (Å²) in [6.07, 6.45) is 1.61. The van der Waals surface area contributed by atoms with Crippen molar-refractivity contribution in [3.05, 3.63) is 90.6 Å². The summed E-state index contributed by atoms with van der Waals surface area (Å²) in [5.41, 5.74) is 2.11. The lowest BCUT2D eigenvalue weighted by atomic mass is 10.1. The van der Waals surface area contributed by atoms with E-state index in [1.54, 1.807) is 55.8 Å². The van der Waals surface area contributed by atoms with E-state index >= 15 is 0 Å². The van der Waals surface area contributed by atoms with Crippen LogP contribution in [-0.2, 0) is 21.2 Å². The van der Waals surface area contributed by atoms with E-state index in [1.807, 2.05) is 24.3 Å². The number of aliphatic carboxylic acids is 1. The van der Waals surface area contributed by atoms with Crippen molar-refractivity contribution in [2.75, 3.05) is 7.11 Å². The Morgan fingerprint density at radius 3 is 2.26 bits per heavy atom. The maximum absolute atomic E-state index is 12.8. The fraction of sp³-hybridized carbons (Fsp3) is 0.120. The number of methoxy groups -OCH3 is 1. The molecular weight excluding hydrogens is 456 g/mol. The zero-order valence-corrected chi connectivity index (χ0v) is 19.0. The minimum Gasteiger partial charge on any atom is -0.497 e. The quantitative estimate of drug-likeness (QED) is 0.373. The Kier molecular flexibility index (Phi) is 6.76. The Balaban J connectivity index is 1.50. The first-order chi connectivity index (χ1) is 16.4. The van der Waals surface area contributed by atoms with E-state index in [0.29, 0.717) is 22.8 Å². The highest BCUT2D eigenvalue weighted by Gasteiger charge is 2.26. The normalized spacial score (nSPS) is 12.3. The number of carboxylic acids is 1. The molecule has 0 amide bonds. The van der Waals surface area contributed by atoms with Gasteiger partial charge in [0.1, 0.15) is 11.8 Å². The molecule has 0 saturated carbocycles. The van der Waals surface area contributed by atoms with Gasteiger partial charge in [0.25, 0.3) is 0 Å². The molecule has 2 N–H and O–H groups in total. The summed E-state index contributed by atoms with van der Waals surface area (Å²) >= 11 is 0. The van der Waals surface area contributed by atoms with Gasteiger partial charge in [0, 0.05) is 11.1 Å². The molecule has 1 heterocycles. The monoisotopic (exact) mass is 478 g/mol. The highest BCUT2D eigenvalue weighted by molar-refractivity contribution is 7.89. The molecule has 0 radical (unpaired) electrons. The van der Waals surface area contributed by atoms with Gasteiger partial charge in [-0.1, -0.05) is 30.3 Å². The van der Waals surface area contributed by atoms with Crippen LogP contribution >= 0.6 is 0 Å². The lowest BCUT2D eigenvalue weighted by molar-refractivity contribution is -0.138. The van der Waals surface area contributed by atoms with Crippen molar-refractivity contribution in [3.8, 4) is 28.5 Å². The van der Waals surface area contributed by atoms with Crippen molar-refractivity contribution < 1.29 is 27.5 Å². The van der Waals surface area contributed by atoms with Crippen molar-refractivity contribution >= 4 is 16.0 Å². The Labute approximate surface area is 196 Å². The standard InChI is InChI=1S/C25H22N2O6S/c1-32-20-11-7-18(8-12-20)23-16-26-24(33-23)19-9-13-21(14-10-19)34(30,31)27-22(25(28)29)15-17-5-3-2-4-6-17/h2-14,16,22,27H,15H2,1H3,(H,28,29)/t22-/m1/s1. The number of oxazole rings is 1. The third-order valence-electron chi connectivity index (χ3n) is 5.17. The Morgan fingerprint density at radius 2 is 1.65 bits per heavy atom. The minimum absolute atomic E-state index is 0.0257. The summed E-state index contributed by atoms with van der Waals surface area (Å²) in [4.78, 5) is 15.9. The van der Waals surface area contributed by atoms with Crippen molar-refractivity contribution in [1.82, 2.24) is 9.71 Å². The van der Waals surface area contributed by atoms with E-state index < -0.39 is 22.0 Å². The fourth-order valence-corrected chi connectivity index (χ4v) is 4.55. The molecule has 174 valence electrons. The SMILES string of the molecule is COc1ccc(-c2cnc(-c3ccc(S(=O)(=O)N[C@H](Cc4ccccc4)C(=O)O)cc3)o2)cc1. The molecule has 1 aromatic heterocycles.